The Hall–Kier alpha value is -1.35. The molecule has 0 radical (unpaired) electrons. The minimum atomic E-state index is 0.0670. The van der Waals surface area contributed by atoms with Crippen LogP contribution < -0.4 is 5.73 Å². The standard InChI is InChI=1S/C13H19N3/c1-9(2)8-11(14)13-10(3)15-12-6-4-5-7-16(12)13/h4-7,9,11H,8,14H2,1-3H3. The van der Waals surface area contributed by atoms with E-state index >= 15 is 0 Å². The lowest BCUT2D eigenvalue weighted by Crippen LogP contribution is -2.16. The molecule has 2 rings (SSSR count). The second kappa shape index (κ2) is 4.26. The maximum Gasteiger partial charge on any atom is 0.137 e. The zero-order valence-electron chi connectivity index (χ0n) is 10.1. The van der Waals surface area contributed by atoms with Gasteiger partial charge in [-0.1, -0.05) is 19.9 Å². The molecule has 0 fully saturated rings. The number of imidazole rings is 1. The van der Waals surface area contributed by atoms with Gasteiger partial charge in [0.25, 0.3) is 0 Å². The highest BCUT2D eigenvalue weighted by atomic mass is 15.0. The van der Waals surface area contributed by atoms with E-state index in [1.54, 1.807) is 0 Å². The molecule has 2 aromatic rings. The van der Waals surface area contributed by atoms with E-state index in [0.717, 1.165) is 23.5 Å². The van der Waals surface area contributed by atoms with Gasteiger partial charge in [-0.3, -0.25) is 0 Å². The average Bonchev–Trinajstić information content (AvgIpc) is 2.52. The zero-order valence-corrected chi connectivity index (χ0v) is 10.1. The summed E-state index contributed by atoms with van der Waals surface area (Å²) >= 11 is 0. The molecule has 0 amide bonds. The molecule has 1 unspecified atom stereocenters. The van der Waals surface area contributed by atoms with Crippen LogP contribution in [0.25, 0.3) is 5.65 Å². The van der Waals surface area contributed by atoms with E-state index in [4.69, 9.17) is 5.73 Å². The molecule has 3 heteroatoms. The van der Waals surface area contributed by atoms with Crippen LogP contribution in [0.3, 0.4) is 0 Å². The SMILES string of the molecule is Cc1nc2ccccn2c1C(N)CC(C)C. The Kier molecular flexibility index (Phi) is 2.97. The van der Waals surface area contributed by atoms with Crippen LogP contribution in [-0.2, 0) is 0 Å². The summed E-state index contributed by atoms with van der Waals surface area (Å²) in [5.74, 6) is 0.601. The summed E-state index contributed by atoms with van der Waals surface area (Å²) in [6.07, 6.45) is 3.02. The number of pyridine rings is 1. The molecule has 3 nitrogen and oxygen atoms in total. The summed E-state index contributed by atoms with van der Waals surface area (Å²) in [6, 6.07) is 6.09. The monoisotopic (exact) mass is 217 g/mol. The minimum Gasteiger partial charge on any atom is -0.323 e. The van der Waals surface area contributed by atoms with E-state index in [0.29, 0.717) is 5.92 Å². The number of nitrogens with zero attached hydrogens (tertiary/aromatic N) is 2. The molecule has 0 saturated heterocycles. The molecular formula is C13H19N3. The lowest BCUT2D eigenvalue weighted by molar-refractivity contribution is 0.498. The lowest BCUT2D eigenvalue weighted by atomic mass is 10.0. The largest absolute Gasteiger partial charge is 0.323 e. The number of aromatic nitrogens is 2. The Morgan fingerprint density at radius 1 is 1.38 bits per heavy atom. The van der Waals surface area contributed by atoms with Gasteiger partial charge in [0, 0.05) is 12.2 Å². The number of rotatable bonds is 3. The molecular weight excluding hydrogens is 198 g/mol. The molecule has 0 aliphatic carbocycles. The maximum absolute atomic E-state index is 6.25. The first-order valence-electron chi connectivity index (χ1n) is 5.78. The van der Waals surface area contributed by atoms with Gasteiger partial charge in [0.1, 0.15) is 5.65 Å². The molecule has 16 heavy (non-hydrogen) atoms. The molecule has 2 heterocycles. The molecule has 0 aliphatic heterocycles. The molecule has 86 valence electrons. The van der Waals surface area contributed by atoms with Crippen LogP contribution in [0.1, 0.15) is 37.7 Å². The third-order valence-corrected chi connectivity index (χ3v) is 2.83. The van der Waals surface area contributed by atoms with Crippen molar-refractivity contribution in [3.05, 3.63) is 35.8 Å². The highest BCUT2D eigenvalue weighted by Crippen LogP contribution is 2.22. The van der Waals surface area contributed by atoms with Crippen molar-refractivity contribution >= 4 is 5.65 Å². The summed E-state index contributed by atoms with van der Waals surface area (Å²) < 4.78 is 2.10. The summed E-state index contributed by atoms with van der Waals surface area (Å²) in [5, 5.41) is 0. The van der Waals surface area contributed by atoms with Crippen LogP contribution in [0, 0.1) is 12.8 Å². The van der Waals surface area contributed by atoms with Crippen LogP contribution in [0.2, 0.25) is 0 Å². The molecule has 0 bridgehead atoms. The smallest absolute Gasteiger partial charge is 0.137 e. The van der Waals surface area contributed by atoms with Crippen LogP contribution in [0.15, 0.2) is 24.4 Å². The fourth-order valence-corrected chi connectivity index (χ4v) is 2.20. The summed E-state index contributed by atoms with van der Waals surface area (Å²) in [4.78, 5) is 4.52. The molecule has 0 spiro atoms. The second-order valence-corrected chi connectivity index (χ2v) is 4.75. The first-order chi connectivity index (χ1) is 7.59. The highest BCUT2D eigenvalue weighted by molar-refractivity contribution is 5.43. The van der Waals surface area contributed by atoms with E-state index in [2.05, 4.69) is 23.2 Å². The van der Waals surface area contributed by atoms with Gasteiger partial charge in [0.05, 0.1) is 11.4 Å². The van der Waals surface area contributed by atoms with Crippen molar-refractivity contribution in [1.82, 2.24) is 9.38 Å². The van der Waals surface area contributed by atoms with Crippen LogP contribution in [0.5, 0.6) is 0 Å². The van der Waals surface area contributed by atoms with Gasteiger partial charge < -0.3 is 10.1 Å². The Balaban J connectivity index is 2.46. The first-order valence-corrected chi connectivity index (χ1v) is 5.78. The van der Waals surface area contributed by atoms with E-state index in [-0.39, 0.29) is 6.04 Å². The third-order valence-electron chi connectivity index (χ3n) is 2.83. The van der Waals surface area contributed by atoms with Crippen molar-refractivity contribution in [2.24, 2.45) is 11.7 Å². The number of fused-ring (bicyclic) bond motifs is 1. The Morgan fingerprint density at radius 3 is 2.81 bits per heavy atom. The average molecular weight is 217 g/mol. The molecule has 1 atom stereocenters. The lowest BCUT2D eigenvalue weighted by Gasteiger charge is -2.14. The second-order valence-electron chi connectivity index (χ2n) is 4.75. The summed E-state index contributed by atoms with van der Waals surface area (Å²) in [7, 11) is 0. The summed E-state index contributed by atoms with van der Waals surface area (Å²) in [5.41, 5.74) is 9.41. The van der Waals surface area contributed by atoms with Crippen molar-refractivity contribution < 1.29 is 0 Å². The van der Waals surface area contributed by atoms with Gasteiger partial charge in [-0.15, -0.1) is 0 Å². The Bertz CT molecular complexity index is 485. The van der Waals surface area contributed by atoms with Gasteiger partial charge in [-0.25, -0.2) is 4.98 Å². The van der Waals surface area contributed by atoms with Gasteiger partial charge in [0.15, 0.2) is 0 Å². The Labute approximate surface area is 96.3 Å². The van der Waals surface area contributed by atoms with Crippen molar-refractivity contribution in [3.8, 4) is 0 Å². The van der Waals surface area contributed by atoms with Crippen molar-refractivity contribution in [2.45, 2.75) is 33.2 Å². The highest BCUT2D eigenvalue weighted by Gasteiger charge is 2.16. The van der Waals surface area contributed by atoms with Crippen LogP contribution in [-0.4, -0.2) is 9.38 Å². The molecule has 0 aromatic carbocycles. The maximum atomic E-state index is 6.25. The van der Waals surface area contributed by atoms with Gasteiger partial charge in [-0.05, 0) is 31.4 Å². The van der Waals surface area contributed by atoms with Crippen molar-refractivity contribution in [2.75, 3.05) is 0 Å². The van der Waals surface area contributed by atoms with Gasteiger partial charge >= 0.3 is 0 Å². The predicted molar refractivity (Wildman–Crippen MR) is 66.3 cm³/mol. The van der Waals surface area contributed by atoms with Crippen molar-refractivity contribution in [1.29, 1.82) is 0 Å². The fourth-order valence-electron chi connectivity index (χ4n) is 2.20. The van der Waals surface area contributed by atoms with E-state index in [1.807, 2.05) is 31.3 Å². The van der Waals surface area contributed by atoms with E-state index < -0.39 is 0 Å². The molecule has 2 aromatic heterocycles. The normalized spacial score (nSPS) is 13.6. The topological polar surface area (TPSA) is 43.3 Å². The molecule has 0 saturated carbocycles. The quantitative estimate of drug-likeness (QED) is 0.859. The van der Waals surface area contributed by atoms with E-state index in [9.17, 15) is 0 Å². The molecule has 0 aliphatic rings. The van der Waals surface area contributed by atoms with Crippen LogP contribution >= 0.6 is 0 Å². The first kappa shape index (κ1) is 11.1. The zero-order chi connectivity index (χ0) is 11.7. The fraction of sp³-hybridized carbons (Fsp3) is 0.462. The van der Waals surface area contributed by atoms with Crippen molar-refractivity contribution in [3.63, 3.8) is 0 Å². The summed E-state index contributed by atoms with van der Waals surface area (Å²) in [6.45, 7) is 6.42. The van der Waals surface area contributed by atoms with Gasteiger partial charge in [0.2, 0.25) is 0 Å². The number of hydrogen-bond acceptors (Lipinski definition) is 2. The molecule has 2 N–H and O–H groups in total. The van der Waals surface area contributed by atoms with Gasteiger partial charge in [-0.2, -0.15) is 0 Å². The van der Waals surface area contributed by atoms with Crippen LogP contribution in [0.4, 0.5) is 0 Å². The predicted octanol–water partition coefficient (Wildman–Crippen LogP) is 2.69. The Morgan fingerprint density at radius 2 is 2.12 bits per heavy atom. The minimum absolute atomic E-state index is 0.0670. The number of hydrogen-bond donors (Lipinski definition) is 1. The third kappa shape index (κ3) is 1.95. The number of aryl methyl sites for hydroxylation is 1. The number of nitrogens with two attached hydrogens (primary N) is 1. The van der Waals surface area contributed by atoms with E-state index in [1.165, 1.54) is 0 Å².